The van der Waals surface area contributed by atoms with Gasteiger partial charge in [-0.2, -0.15) is 0 Å². The van der Waals surface area contributed by atoms with Gasteiger partial charge in [-0.15, -0.1) is 0 Å². The zero-order valence-corrected chi connectivity index (χ0v) is 24.3. The van der Waals surface area contributed by atoms with Crippen LogP contribution in [0.15, 0.2) is 29.6 Å². The molecule has 0 spiro atoms. The van der Waals surface area contributed by atoms with Crippen LogP contribution in [0.4, 0.5) is 0 Å². The number of nitrogens with zero attached hydrogens (tertiary/aromatic N) is 4. The summed E-state index contributed by atoms with van der Waals surface area (Å²) in [5.41, 5.74) is 5.39. The van der Waals surface area contributed by atoms with Crippen LogP contribution in [-0.2, 0) is 13.0 Å². The number of benzene rings is 1. The van der Waals surface area contributed by atoms with Gasteiger partial charge in [-0.05, 0) is 84.2 Å². The number of aryl methyl sites for hydroxylation is 2. The molecule has 3 aliphatic rings. The molecule has 1 saturated carbocycles. The first kappa shape index (κ1) is 26.6. The van der Waals surface area contributed by atoms with Gasteiger partial charge in [0.1, 0.15) is 0 Å². The number of carbonyl (C=O) groups is 1. The van der Waals surface area contributed by atoms with Crippen LogP contribution in [0.25, 0.3) is 5.69 Å². The third kappa shape index (κ3) is 4.31. The summed E-state index contributed by atoms with van der Waals surface area (Å²) in [5, 5.41) is 0. The van der Waals surface area contributed by atoms with Gasteiger partial charge in [0.15, 0.2) is 11.5 Å². The molecular formula is C31H39N5O4. The molecule has 40 heavy (non-hydrogen) atoms. The average molecular weight is 546 g/mol. The summed E-state index contributed by atoms with van der Waals surface area (Å²) in [6.45, 7) is 8.56. The van der Waals surface area contributed by atoms with Crippen molar-refractivity contribution < 1.29 is 14.3 Å². The zero-order valence-electron chi connectivity index (χ0n) is 24.3. The summed E-state index contributed by atoms with van der Waals surface area (Å²) in [6.07, 6.45) is 10.2. The highest BCUT2D eigenvalue weighted by Crippen LogP contribution is 2.53. The Hall–Kier alpha value is -3.59. The Labute approximate surface area is 235 Å². The van der Waals surface area contributed by atoms with Crippen molar-refractivity contribution in [2.75, 3.05) is 20.6 Å². The van der Waals surface area contributed by atoms with Crippen LogP contribution in [-0.4, -0.2) is 62.7 Å². The number of rotatable bonds is 5. The van der Waals surface area contributed by atoms with E-state index in [0.29, 0.717) is 41.6 Å². The zero-order chi connectivity index (χ0) is 28.3. The first-order valence-electron chi connectivity index (χ1n) is 14.3. The summed E-state index contributed by atoms with van der Waals surface area (Å²) >= 11 is 0. The monoisotopic (exact) mass is 545 g/mol. The van der Waals surface area contributed by atoms with E-state index in [1.54, 1.807) is 17.4 Å². The maximum atomic E-state index is 14.1. The molecule has 1 unspecified atom stereocenters. The maximum absolute atomic E-state index is 14.1. The second-order valence-corrected chi connectivity index (χ2v) is 12.1. The summed E-state index contributed by atoms with van der Waals surface area (Å²) in [5.74, 6) is 0.675. The quantitative estimate of drug-likeness (QED) is 0.514. The van der Waals surface area contributed by atoms with Crippen LogP contribution in [0.1, 0.15) is 70.9 Å². The number of nitrogens with one attached hydrogen (secondary N) is 1. The van der Waals surface area contributed by atoms with Gasteiger partial charge in [0, 0.05) is 54.6 Å². The first-order chi connectivity index (χ1) is 19.1. The van der Waals surface area contributed by atoms with Crippen molar-refractivity contribution in [1.82, 2.24) is 24.3 Å². The second kappa shape index (κ2) is 9.80. The van der Waals surface area contributed by atoms with E-state index >= 15 is 0 Å². The number of amides is 1. The Morgan fingerprint density at radius 3 is 2.48 bits per heavy atom. The average Bonchev–Trinajstić information content (AvgIpc) is 3.56. The van der Waals surface area contributed by atoms with E-state index in [4.69, 9.17) is 9.47 Å². The van der Waals surface area contributed by atoms with Gasteiger partial charge in [0.05, 0.1) is 24.1 Å². The molecule has 9 nitrogen and oxygen atoms in total. The highest BCUT2D eigenvalue weighted by molar-refractivity contribution is 6.01. The molecule has 3 aromatic rings. The third-order valence-electron chi connectivity index (χ3n) is 9.24. The lowest BCUT2D eigenvalue weighted by atomic mass is 9.81. The van der Waals surface area contributed by atoms with Crippen molar-refractivity contribution >= 4 is 5.91 Å². The van der Waals surface area contributed by atoms with E-state index in [2.05, 4.69) is 29.0 Å². The number of ether oxygens (including phenoxy) is 2. The fourth-order valence-electron chi connectivity index (χ4n) is 6.92. The second-order valence-electron chi connectivity index (χ2n) is 12.1. The molecule has 0 radical (unpaired) electrons. The number of H-pyrrole nitrogens is 1. The molecule has 1 atom stereocenters. The standard InChI is InChI=1S/C31H39N5O4/c1-18-15-19(2)33-29(37)24(18)16-35-13-11-23-25(30(35)38)20(3)27-28(26(23)36-14-12-32-17-36)40-31(4,39-27)21-7-9-22(10-8-21)34(5)6/h12,14-15,17,21-22H,7-11,13,16H2,1-6H3,(H,33,37)/t21-,22-,31?. The number of hydrogen-bond donors (Lipinski definition) is 1. The summed E-state index contributed by atoms with van der Waals surface area (Å²) in [6, 6.07) is 2.53. The van der Waals surface area contributed by atoms with Gasteiger partial charge < -0.3 is 28.8 Å². The molecule has 0 bridgehead atoms. The summed E-state index contributed by atoms with van der Waals surface area (Å²) < 4.78 is 15.4. The molecule has 1 aliphatic carbocycles. The van der Waals surface area contributed by atoms with Crippen LogP contribution in [0.2, 0.25) is 0 Å². The van der Waals surface area contributed by atoms with Crippen molar-refractivity contribution in [3.05, 3.63) is 68.7 Å². The van der Waals surface area contributed by atoms with Crippen molar-refractivity contribution in [3.63, 3.8) is 0 Å². The molecule has 6 rings (SSSR count). The highest BCUT2D eigenvalue weighted by atomic mass is 16.7. The molecule has 4 heterocycles. The van der Waals surface area contributed by atoms with E-state index in [0.717, 1.165) is 53.8 Å². The van der Waals surface area contributed by atoms with E-state index in [1.807, 2.05) is 44.5 Å². The number of aromatic amines is 1. The minimum absolute atomic E-state index is 0.0917. The predicted molar refractivity (Wildman–Crippen MR) is 152 cm³/mol. The normalized spacial score (nSPS) is 24.1. The number of imidazole rings is 1. The molecule has 1 fully saturated rings. The van der Waals surface area contributed by atoms with Gasteiger partial charge in [-0.3, -0.25) is 9.59 Å². The van der Waals surface area contributed by atoms with Crippen LogP contribution in [0.3, 0.4) is 0 Å². The molecule has 212 valence electrons. The minimum atomic E-state index is -0.807. The third-order valence-corrected chi connectivity index (χ3v) is 9.24. The Balaban J connectivity index is 1.38. The molecule has 2 aliphatic heterocycles. The number of fused-ring (bicyclic) bond motifs is 2. The largest absolute Gasteiger partial charge is 0.448 e. The summed E-state index contributed by atoms with van der Waals surface area (Å²) in [7, 11) is 4.29. The van der Waals surface area contributed by atoms with Crippen molar-refractivity contribution in [3.8, 4) is 17.2 Å². The van der Waals surface area contributed by atoms with Crippen molar-refractivity contribution in [2.45, 2.75) is 78.2 Å². The number of hydrogen-bond acceptors (Lipinski definition) is 6. The molecule has 2 aromatic heterocycles. The van der Waals surface area contributed by atoms with Gasteiger partial charge in [-0.1, -0.05) is 0 Å². The molecule has 9 heteroatoms. The summed E-state index contributed by atoms with van der Waals surface area (Å²) in [4.78, 5) is 38.1. The topological polar surface area (TPSA) is 92.7 Å². The van der Waals surface area contributed by atoms with Crippen molar-refractivity contribution in [1.29, 1.82) is 0 Å². The number of carbonyl (C=O) groups excluding carboxylic acids is 1. The molecular weight excluding hydrogens is 506 g/mol. The highest BCUT2D eigenvalue weighted by Gasteiger charge is 2.49. The first-order valence-corrected chi connectivity index (χ1v) is 14.3. The van der Waals surface area contributed by atoms with E-state index in [9.17, 15) is 9.59 Å². The van der Waals surface area contributed by atoms with Crippen molar-refractivity contribution in [2.24, 2.45) is 5.92 Å². The Morgan fingerprint density at radius 2 is 1.82 bits per heavy atom. The van der Waals surface area contributed by atoms with E-state index < -0.39 is 5.79 Å². The van der Waals surface area contributed by atoms with Gasteiger partial charge in [0.25, 0.3) is 17.3 Å². The maximum Gasteiger partial charge on any atom is 0.254 e. The SMILES string of the molecule is Cc1cc(C)c(CN2CCc3c(c(C)c4c(c3-n3ccnc3)OC(C)([C@H]3CC[C@H](N(C)C)CC3)O4)C2=O)c(=O)[nH]1. The van der Waals surface area contributed by atoms with Crippen LogP contribution in [0.5, 0.6) is 11.5 Å². The van der Waals surface area contributed by atoms with E-state index in [1.165, 1.54) is 0 Å². The van der Waals surface area contributed by atoms with Gasteiger partial charge >= 0.3 is 0 Å². The Bertz CT molecular complexity index is 1520. The van der Waals surface area contributed by atoms with Gasteiger partial charge in [0.2, 0.25) is 0 Å². The van der Waals surface area contributed by atoms with Crippen LogP contribution < -0.4 is 15.0 Å². The Morgan fingerprint density at radius 1 is 1.10 bits per heavy atom. The molecule has 1 N–H and O–H groups in total. The van der Waals surface area contributed by atoms with Gasteiger partial charge in [-0.25, -0.2) is 4.98 Å². The number of pyridine rings is 1. The lowest BCUT2D eigenvalue weighted by Crippen LogP contribution is -2.46. The predicted octanol–water partition coefficient (Wildman–Crippen LogP) is 4.29. The van der Waals surface area contributed by atoms with Crippen LogP contribution in [0, 0.1) is 26.7 Å². The lowest BCUT2D eigenvalue weighted by molar-refractivity contribution is -0.123. The smallest absolute Gasteiger partial charge is 0.254 e. The minimum Gasteiger partial charge on any atom is -0.448 e. The lowest BCUT2D eigenvalue weighted by Gasteiger charge is -2.39. The Kier molecular flexibility index (Phi) is 6.52. The fourth-order valence-corrected chi connectivity index (χ4v) is 6.92. The molecule has 1 amide bonds. The van der Waals surface area contributed by atoms with E-state index in [-0.39, 0.29) is 23.9 Å². The molecule has 0 saturated heterocycles. The van der Waals surface area contributed by atoms with Crippen LogP contribution >= 0.6 is 0 Å². The number of aromatic nitrogens is 3. The molecule has 1 aromatic carbocycles. The fraction of sp³-hybridized carbons (Fsp3) is 0.516.